The van der Waals surface area contributed by atoms with Crippen molar-refractivity contribution in [2.24, 2.45) is 5.73 Å². The number of carbonyl (C=O) groups is 1. The minimum Gasteiger partial charge on any atom is -0.480 e. The first kappa shape index (κ1) is 20.4. The second-order valence-corrected chi connectivity index (χ2v) is 6.33. The monoisotopic (exact) mass is 380 g/mol. The molecule has 0 aliphatic carbocycles. The number of rotatable bonds is 6. The van der Waals surface area contributed by atoms with E-state index >= 15 is 0 Å². The molecule has 0 saturated heterocycles. The van der Waals surface area contributed by atoms with E-state index in [0.717, 1.165) is 16.7 Å². The number of carboxylic acid groups (broad SMARTS) is 1. The lowest BCUT2D eigenvalue weighted by atomic mass is 9.94. The number of benzene rings is 1. The maximum absolute atomic E-state index is 13.2. The Bertz CT molecular complexity index is 705. The summed E-state index contributed by atoms with van der Waals surface area (Å²) in [5.41, 5.74) is 4.99. The molecule has 0 aliphatic rings. The number of aliphatic carboxylic acids is 1. The number of alkyl halides is 3. The zero-order valence-electron chi connectivity index (χ0n) is 12.6. The maximum Gasteiger partial charge on any atom is 0.323 e. The molecule has 4 nitrogen and oxygen atoms in total. The number of carboxylic acids is 1. The van der Waals surface area contributed by atoms with Crippen LogP contribution in [-0.4, -0.2) is 28.3 Å². The zero-order valence-corrected chi connectivity index (χ0v) is 14.3. The number of hydrogen-bond acceptors (Lipinski definition) is 4. The second-order valence-electron chi connectivity index (χ2n) is 5.47. The Labute approximate surface area is 146 Å². The molecular formula is C15H16ClF3N2O2S. The van der Waals surface area contributed by atoms with Crippen LogP contribution in [-0.2, 0) is 17.1 Å². The fourth-order valence-electron chi connectivity index (χ4n) is 1.91. The number of nitrogens with zero attached hydrogens (tertiary/aromatic N) is 1. The van der Waals surface area contributed by atoms with Gasteiger partial charge in [0.2, 0.25) is 0 Å². The molecule has 0 radical (unpaired) electrons. The van der Waals surface area contributed by atoms with Crippen molar-refractivity contribution in [3.63, 3.8) is 0 Å². The van der Waals surface area contributed by atoms with Crippen molar-refractivity contribution >= 4 is 29.7 Å². The van der Waals surface area contributed by atoms with Gasteiger partial charge in [-0.25, -0.2) is 9.37 Å². The van der Waals surface area contributed by atoms with Crippen molar-refractivity contribution in [2.75, 3.05) is 6.67 Å². The largest absolute Gasteiger partial charge is 0.480 e. The van der Waals surface area contributed by atoms with Gasteiger partial charge in [0.05, 0.1) is 0 Å². The summed E-state index contributed by atoms with van der Waals surface area (Å²) in [6.07, 6.45) is 0.131. The first-order valence-electron chi connectivity index (χ1n) is 6.67. The van der Waals surface area contributed by atoms with E-state index in [9.17, 15) is 18.0 Å². The summed E-state index contributed by atoms with van der Waals surface area (Å²) in [7, 11) is 0. The number of halogens is 4. The quantitative estimate of drug-likeness (QED) is 0.802. The van der Waals surface area contributed by atoms with Crippen LogP contribution >= 0.6 is 23.7 Å². The Morgan fingerprint density at radius 1 is 1.33 bits per heavy atom. The number of nitrogens with two attached hydrogens (primary N) is 1. The van der Waals surface area contributed by atoms with Gasteiger partial charge < -0.3 is 10.8 Å². The van der Waals surface area contributed by atoms with Crippen molar-refractivity contribution < 1.29 is 23.1 Å². The van der Waals surface area contributed by atoms with Gasteiger partial charge in [-0.05, 0) is 12.5 Å². The van der Waals surface area contributed by atoms with Gasteiger partial charge >= 0.3 is 11.9 Å². The smallest absolute Gasteiger partial charge is 0.323 e. The molecule has 2 rings (SSSR count). The van der Waals surface area contributed by atoms with Crippen LogP contribution in [0.2, 0.25) is 0 Å². The third kappa shape index (κ3) is 4.46. The van der Waals surface area contributed by atoms with Gasteiger partial charge in [0.15, 0.2) is 6.67 Å². The Kier molecular flexibility index (Phi) is 6.38. The Morgan fingerprint density at radius 2 is 1.92 bits per heavy atom. The molecule has 132 valence electrons. The van der Waals surface area contributed by atoms with Gasteiger partial charge in [-0.15, -0.1) is 23.7 Å². The van der Waals surface area contributed by atoms with E-state index < -0.39 is 29.8 Å². The highest BCUT2D eigenvalue weighted by atomic mass is 35.5. The molecule has 0 unspecified atom stereocenters. The van der Waals surface area contributed by atoms with Crippen LogP contribution in [0.4, 0.5) is 13.2 Å². The lowest BCUT2D eigenvalue weighted by Gasteiger charge is -2.19. The molecule has 0 bridgehead atoms. The van der Waals surface area contributed by atoms with Gasteiger partial charge in [0.25, 0.3) is 0 Å². The molecular weight excluding hydrogens is 365 g/mol. The summed E-state index contributed by atoms with van der Waals surface area (Å²) in [6, 6.07) is 6.61. The molecule has 0 saturated carbocycles. The maximum atomic E-state index is 13.2. The highest BCUT2D eigenvalue weighted by Crippen LogP contribution is 2.33. The minimum absolute atomic E-state index is 0. The molecule has 0 fully saturated rings. The average Bonchev–Trinajstić information content (AvgIpc) is 2.98. The van der Waals surface area contributed by atoms with Crippen LogP contribution in [0.15, 0.2) is 29.6 Å². The Hall–Kier alpha value is -1.64. The Balaban J connectivity index is 0.00000288. The molecule has 0 amide bonds. The van der Waals surface area contributed by atoms with Crippen LogP contribution in [0.5, 0.6) is 0 Å². The molecule has 1 heterocycles. The van der Waals surface area contributed by atoms with E-state index in [1.807, 2.05) is 0 Å². The summed E-state index contributed by atoms with van der Waals surface area (Å²) < 4.78 is 38.8. The molecule has 1 aromatic carbocycles. The molecule has 2 aromatic rings. The number of aromatic nitrogens is 1. The van der Waals surface area contributed by atoms with Crippen LogP contribution in [0.25, 0.3) is 10.6 Å². The molecule has 3 N–H and O–H groups in total. The van der Waals surface area contributed by atoms with E-state index in [0.29, 0.717) is 16.1 Å². The molecule has 1 atom stereocenters. The van der Waals surface area contributed by atoms with E-state index in [1.54, 1.807) is 24.3 Å². The predicted octanol–water partition coefficient (Wildman–Crippen LogP) is 3.64. The summed E-state index contributed by atoms with van der Waals surface area (Å²) >= 11 is 0.992. The van der Waals surface area contributed by atoms with Crippen molar-refractivity contribution in [2.45, 2.75) is 24.8 Å². The van der Waals surface area contributed by atoms with E-state index in [-0.39, 0.29) is 18.8 Å². The lowest BCUT2D eigenvalue weighted by Crippen LogP contribution is -2.46. The van der Waals surface area contributed by atoms with E-state index in [2.05, 4.69) is 4.98 Å². The van der Waals surface area contributed by atoms with Gasteiger partial charge in [-0.3, -0.25) is 4.79 Å². The summed E-state index contributed by atoms with van der Waals surface area (Å²) in [4.78, 5) is 14.8. The highest BCUT2D eigenvalue weighted by Gasteiger charge is 2.34. The van der Waals surface area contributed by atoms with Crippen LogP contribution in [0.1, 0.15) is 18.2 Å². The zero-order chi connectivity index (χ0) is 17.3. The van der Waals surface area contributed by atoms with Crippen molar-refractivity contribution in [3.8, 4) is 10.6 Å². The van der Waals surface area contributed by atoms with Gasteiger partial charge in [-0.1, -0.05) is 24.3 Å². The third-order valence-electron chi connectivity index (χ3n) is 3.31. The standard InChI is InChI=1S/C15H15F3N2O2S.ClH/c1-14(19,13(21)22)6-9-2-4-10(5-3-9)12-20-11(7-23-12)15(17,18)8-16;/h2-5,7H,6,8,19H2,1H3,(H,21,22);1H/t14-;/m1./s1. The second kappa shape index (κ2) is 7.50. The predicted molar refractivity (Wildman–Crippen MR) is 88.6 cm³/mol. The topological polar surface area (TPSA) is 76.2 Å². The van der Waals surface area contributed by atoms with Gasteiger partial charge in [0, 0.05) is 17.4 Å². The van der Waals surface area contributed by atoms with Gasteiger partial charge in [0.1, 0.15) is 16.2 Å². The molecule has 0 spiro atoms. The highest BCUT2D eigenvalue weighted by molar-refractivity contribution is 7.13. The van der Waals surface area contributed by atoms with Crippen LogP contribution in [0.3, 0.4) is 0 Å². The lowest BCUT2D eigenvalue weighted by molar-refractivity contribution is -0.142. The normalized spacial score (nSPS) is 13.9. The number of hydrogen-bond donors (Lipinski definition) is 2. The average molecular weight is 381 g/mol. The summed E-state index contributed by atoms with van der Waals surface area (Å²) in [6.45, 7) is -0.380. The number of thiazole rings is 1. The minimum atomic E-state index is -3.59. The summed E-state index contributed by atoms with van der Waals surface area (Å²) in [5.74, 6) is -4.70. The van der Waals surface area contributed by atoms with E-state index in [4.69, 9.17) is 10.8 Å². The Morgan fingerprint density at radius 3 is 2.42 bits per heavy atom. The first-order valence-corrected chi connectivity index (χ1v) is 7.55. The van der Waals surface area contributed by atoms with E-state index in [1.165, 1.54) is 6.92 Å². The van der Waals surface area contributed by atoms with Crippen LogP contribution < -0.4 is 5.73 Å². The molecule has 0 aliphatic heterocycles. The molecule has 1 aromatic heterocycles. The van der Waals surface area contributed by atoms with Gasteiger partial charge in [-0.2, -0.15) is 8.78 Å². The fourth-order valence-corrected chi connectivity index (χ4v) is 2.78. The van der Waals surface area contributed by atoms with Crippen molar-refractivity contribution in [1.29, 1.82) is 0 Å². The molecule has 9 heteroatoms. The summed E-state index contributed by atoms with van der Waals surface area (Å²) in [5, 5.41) is 10.5. The van der Waals surface area contributed by atoms with Crippen molar-refractivity contribution in [3.05, 3.63) is 40.9 Å². The fraction of sp³-hybridized carbons (Fsp3) is 0.333. The SMILES string of the molecule is C[C@@](N)(Cc1ccc(-c2nc(C(F)(F)CF)cs2)cc1)C(=O)O.Cl. The molecule has 24 heavy (non-hydrogen) atoms. The van der Waals surface area contributed by atoms with Crippen LogP contribution in [0, 0.1) is 0 Å². The first-order chi connectivity index (χ1) is 10.7. The third-order valence-corrected chi connectivity index (χ3v) is 4.20. The van der Waals surface area contributed by atoms with Crippen molar-refractivity contribution in [1.82, 2.24) is 4.98 Å².